The lowest BCUT2D eigenvalue weighted by Gasteiger charge is -2.12. The van der Waals surface area contributed by atoms with Crippen molar-refractivity contribution >= 4 is 33.1 Å². The molecule has 0 amide bonds. The van der Waals surface area contributed by atoms with Gasteiger partial charge < -0.3 is 11.5 Å². The molecule has 3 heteroatoms. The molecule has 0 aliphatic rings. The van der Waals surface area contributed by atoms with Gasteiger partial charge in [0.15, 0.2) is 0 Å². The van der Waals surface area contributed by atoms with Crippen molar-refractivity contribution in [1.82, 2.24) is 0 Å². The molecule has 0 bridgehead atoms. The van der Waals surface area contributed by atoms with Crippen LogP contribution in [0.2, 0.25) is 0 Å². The number of fused-ring (bicyclic) bond motifs is 3. The summed E-state index contributed by atoms with van der Waals surface area (Å²) in [6.45, 7) is 3.05. The summed E-state index contributed by atoms with van der Waals surface area (Å²) in [7, 11) is 0. The van der Waals surface area contributed by atoms with Crippen molar-refractivity contribution in [3.8, 4) is 11.3 Å². The van der Waals surface area contributed by atoms with E-state index in [9.17, 15) is 0 Å². The Morgan fingerprint density at radius 3 is 2.21 bits per heavy atom. The third-order valence-electron chi connectivity index (χ3n) is 4.55. The molecular weight excluding hydrogens is 294 g/mol. The fourth-order valence-corrected chi connectivity index (χ4v) is 3.48. The Labute approximate surface area is 141 Å². The van der Waals surface area contributed by atoms with Crippen LogP contribution in [0.1, 0.15) is 6.92 Å². The van der Waals surface area contributed by atoms with Crippen molar-refractivity contribution in [2.75, 3.05) is 11.5 Å². The van der Waals surface area contributed by atoms with E-state index in [1.54, 1.807) is 0 Å². The lowest BCUT2D eigenvalue weighted by atomic mass is 9.98. The largest absolute Gasteiger partial charge is 0.399 e. The van der Waals surface area contributed by atoms with E-state index in [4.69, 9.17) is 11.5 Å². The Morgan fingerprint density at radius 1 is 0.750 bits per heavy atom. The van der Waals surface area contributed by atoms with Crippen molar-refractivity contribution in [2.24, 2.45) is 0 Å². The predicted octanol–water partition coefficient (Wildman–Crippen LogP) is 4.13. The lowest BCUT2D eigenvalue weighted by Crippen LogP contribution is -2.36. The number of nitrogen functional groups attached to an aromatic ring is 2. The van der Waals surface area contributed by atoms with E-state index in [2.05, 4.69) is 60.0 Å². The zero-order valence-corrected chi connectivity index (χ0v) is 13.7. The van der Waals surface area contributed by atoms with Crippen LogP contribution in [-0.2, 0) is 6.54 Å². The van der Waals surface area contributed by atoms with Gasteiger partial charge in [0.05, 0.1) is 10.8 Å². The topological polar surface area (TPSA) is 55.9 Å². The van der Waals surface area contributed by atoms with Crippen LogP contribution in [0.5, 0.6) is 0 Å². The van der Waals surface area contributed by atoms with Gasteiger partial charge in [-0.25, -0.2) is 0 Å². The summed E-state index contributed by atoms with van der Waals surface area (Å²) in [5.74, 6) is 0. The summed E-state index contributed by atoms with van der Waals surface area (Å²) in [5, 5.41) is 3.63. The van der Waals surface area contributed by atoms with E-state index in [0.717, 1.165) is 23.5 Å². The standard InChI is InChI=1S/C21H19N3/c1-2-24-20-6-4-3-5-18(20)17-12-11-16(23)13-19(17)21(24)14-7-9-15(22)10-8-14/h3-13,22H,2,23H2,1H3/p+1. The molecule has 0 saturated carbocycles. The molecular formula is C21H20N3+. The highest BCUT2D eigenvalue weighted by Crippen LogP contribution is 2.32. The number of nitrogens with zero attached hydrogens (tertiary/aromatic N) is 1. The molecule has 0 spiro atoms. The molecule has 1 heterocycles. The molecule has 118 valence electrons. The summed E-state index contributed by atoms with van der Waals surface area (Å²) in [6.07, 6.45) is 0. The van der Waals surface area contributed by atoms with E-state index in [1.165, 1.54) is 27.4 Å². The van der Waals surface area contributed by atoms with E-state index < -0.39 is 0 Å². The minimum Gasteiger partial charge on any atom is -0.399 e. The molecule has 0 unspecified atom stereocenters. The predicted molar refractivity (Wildman–Crippen MR) is 102 cm³/mol. The monoisotopic (exact) mass is 314 g/mol. The van der Waals surface area contributed by atoms with Gasteiger partial charge in [-0.3, -0.25) is 0 Å². The van der Waals surface area contributed by atoms with Crippen molar-refractivity contribution in [3.63, 3.8) is 0 Å². The Kier molecular flexibility index (Phi) is 3.35. The number of aromatic nitrogens is 1. The molecule has 4 N–H and O–H groups in total. The maximum absolute atomic E-state index is 6.10. The highest BCUT2D eigenvalue weighted by molar-refractivity contribution is 6.09. The summed E-state index contributed by atoms with van der Waals surface area (Å²) in [6, 6.07) is 22.7. The fraction of sp³-hybridized carbons (Fsp3) is 0.0952. The number of para-hydroxylation sites is 1. The minimum absolute atomic E-state index is 0.770. The van der Waals surface area contributed by atoms with Gasteiger partial charge in [-0.05, 0) is 49.4 Å². The van der Waals surface area contributed by atoms with Gasteiger partial charge in [0.25, 0.3) is 0 Å². The summed E-state index contributed by atoms with van der Waals surface area (Å²) in [4.78, 5) is 0. The SMILES string of the molecule is CC[n+]1c(-c2ccc(N)cc2)c2cc(N)ccc2c2ccccc21. The quantitative estimate of drug-likeness (QED) is 0.332. The molecule has 4 aromatic rings. The number of rotatable bonds is 2. The summed E-state index contributed by atoms with van der Waals surface area (Å²) >= 11 is 0. The fourth-order valence-electron chi connectivity index (χ4n) is 3.48. The first kappa shape index (κ1) is 14.5. The van der Waals surface area contributed by atoms with Gasteiger partial charge in [0.1, 0.15) is 6.54 Å². The van der Waals surface area contributed by atoms with Crippen LogP contribution in [0.4, 0.5) is 11.4 Å². The van der Waals surface area contributed by atoms with Crippen LogP contribution in [0.25, 0.3) is 32.9 Å². The first-order valence-electron chi connectivity index (χ1n) is 8.18. The average Bonchev–Trinajstić information content (AvgIpc) is 2.61. The third kappa shape index (κ3) is 2.17. The molecule has 0 aliphatic carbocycles. The van der Waals surface area contributed by atoms with Crippen LogP contribution in [-0.4, -0.2) is 0 Å². The Morgan fingerprint density at radius 2 is 1.46 bits per heavy atom. The molecule has 24 heavy (non-hydrogen) atoms. The van der Waals surface area contributed by atoms with Crippen LogP contribution >= 0.6 is 0 Å². The first-order valence-corrected chi connectivity index (χ1v) is 8.18. The maximum Gasteiger partial charge on any atom is 0.220 e. The van der Waals surface area contributed by atoms with Gasteiger partial charge in [-0.15, -0.1) is 0 Å². The number of benzene rings is 3. The third-order valence-corrected chi connectivity index (χ3v) is 4.55. The number of aryl methyl sites for hydroxylation is 1. The number of pyridine rings is 1. The minimum atomic E-state index is 0.770. The highest BCUT2D eigenvalue weighted by Gasteiger charge is 2.21. The van der Waals surface area contributed by atoms with Crippen LogP contribution in [0, 0.1) is 0 Å². The molecule has 0 fully saturated rings. The average molecular weight is 314 g/mol. The lowest BCUT2D eigenvalue weighted by molar-refractivity contribution is -0.655. The summed E-state index contributed by atoms with van der Waals surface area (Å²) < 4.78 is 2.35. The molecule has 4 rings (SSSR count). The zero-order valence-electron chi connectivity index (χ0n) is 13.7. The molecule has 0 radical (unpaired) electrons. The van der Waals surface area contributed by atoms with Gasteiger partial charge in [0, 0.05) is 28.4 Å². The van der Waals surface area contributed by atoms with E-state index in [0.29, 0.717) is 0 Å². The number of hydrogen-bond acceptors (Lipinski definition) is 2. The van der Waals surface area contributed by atoms with Crippen molar-refractivity contribution in [1.29, 1.82) is 0 Å². The van der Waals surface area contributed by atoms with Crippen LogP contribution in [0.15, 0.2) is 66.7 Å². The molecule has 0 saturated heterocycles. The van der Waals surface area contributed by atoms with Crippen LogP contribution < -0.4 is 16.0 Å². The second-order valence-electron chi connectivity index (χ2n) is 6.04. The van der Waals surface area contributed by atoms with E-state index >= 15 is 0 Å². The highest BCUT2D eigenvalue weighted by atomic mass is 15.0. The molecule has 0 aliphatic heterocycles. The maximum atomic E-state index is 6.10. The smallest absolute Gasteiger partial charge is 0.220 e. The van der Waals surface area contributed by atoms with Crippen molar-refractivity contribution in [3.05, 3.63) is 66.7 Å². The Bertz CT molecular complexity index is 1050. The van der Waals surface area contributed by atoms with Crippen LogP contribution in [0.3, 0.4) is 0 Å². The Balaban J connectivity index is 2.23. The zero-order chi connectivity index (χ0) is 16.7. The number of hydrogen-bond donors (Lipinski definition) is 2. The normalized spacial score (nSPS) is 11.2. The number of anilines is 2. The molecule has 3 nitrogen and oxygen atoms in total. The van der Waals surface area contributed by atoms with Gasteiger partial charge in [-0.1, -0.05) is 18.2 Å². The van der Waals surface area contributed by atoms with Gasteiger partial charge in [-0.2, -0.15) is 4.57 Å². The van der Waals surface area contributed by atoms with Crippen molar-refractivity contribution < 1.29 is 4.57 Å². The second-order valence-corrected chi connectivity index (χ2v) is 6.04. The second kappa shape index (κ2) is 5.53. The first-order chi connectivity index (χ1) is 11.7. The van der Waals surface area contributed by atoms with E-state index in [-0.39, 0.29) is 0 Å². The van der Waals surface area contributed by atoms with Gasteiger partial charge in [0.2, 0.25) is 11.2 Å². The summed E-state index contributed by atoms with van der Waals surface area (Å²) in [5.41, 5.74) is 17.1. The molecule has 3 aromatic carbocycles. The van der Waals surface area contributed by atoms with Crippen molar-refractivity contribution in [2.45, 2.75) is 13.5 Å². The number of nitrogens with two attached hydrogens (primary N) is 2. The van der Waals surface area contributed by atoms with E-state index in [1.807, 2.05) is 18.2 Å². The molecule has 0 atom stereocenters. The Hall–Kier alpha value is -3.07. The molecule has 1 aromatic heterocycles. The van der Waals surface area contributed by atoms with Gasteiger partial charge >= 0.3 is 0 Å².